The average molecular weight is 215 g/mol. The second-order valence-corrected chi connectivity index (χ2v) is 4.21. The Hall–Kier alpha value is -0.610. The predicted molar refractivity (Wildman–Crippen MR) is 56.9 cm³/mol. The minimum absolute atomic E-state index is 0.171. The van der Waals surface area contributed by atoms with Crippen LogP contribution in [0.2, 0.25) is 0 Å². The highest BCUT2D eigenvalue weighted by Crippen LogP contribution is 2.28. The minimum Gasteiger partial charge on any atom is -0.469 e. The Morgan fingerprint density at radius 1 is 1.33 bits per heavy atom. The summed E-state index contributed by atoms with van der Waals surface area (Å²) in [5, 5.41) is 0. The van der Waals surface area contributed by atoms with Gasteiger partial charge in [0.25, 0.3) is 0 Å². The van der Waals surface area contributed by atoms with Crippen LogP contribution in [0, 0.1) is 5.92 Å². The molecule has 0 amide bonds. The number of carbonyl (C=O) groups is 1. The molecule has 2 N–H and O–H groups in total. The summed E-state index contributed by atoms with van der Waals surface area (Å²) in [6.45, 7) is 0. The van der Waals surface area contributed by atoms with Crippen LogP contribution in [0.15, 0.2) is 0 Å². The average Bonchev–Trinajstić information content (AvgIpc) is 2.54. The first-order valence-electron chi connectivity index (χ1n) is 5.70. The lowest BCUT2D eigenvalue weighted by molar-refractivity contribution is -0.145. The number of carbonyl (C=O) groups excluding carboxylic acids is 1. The van der Waals surface area contributed by atoms with Gasteiger partial charge < -0.3 is 9.57 Å². The number of esters is 1. The quantitative estimate of drug-likeness (QED) is 0.441. The molecule has 1 atom stereocenters. The highest BCUT2D eigenvalue weighted by Gasteiger charge is 2.25. The fraction of sp³-hybridized carbons (Fsp3) is 0.909. The van der Waals surface area contributed by atoms with Crippen LogP contribution in [0.5, 0.6) is 0 Å². The molecule has 0 radical (unpaired) electrons. The van der Waals surface area contributed by atoms with Gasteiger partial charge in [-0.25, -0.2) is 5.90 Å². The highest BCUT2D eigenvalue weighted by molar-refractivity contribution is 5.69. The molecule has 0 aromatic heterocycles. The van der Waals surface area contributed by atoms with Crippen molar-refractivity contribution in [3.63, 3.8) is 0 Å². The van der Waals surface area contributed by atoms with E-state index >= 15 is 0 Å². The molecule has 4 nitrogen and oxygen atoms in total. The monoisotopic (exact) mass is 215 g/mol. The molecule has 15 heavy (non-hydrogen) atoms. The molecular weight excluding hydrogens is 194 g/mol. The molecule has 1 fully saturated rings. The van der Waals surface area contributed by atoms with E-state index in [4.69, 9.17) is 10.7 Å². The Morgan fingerprint density at radius 3 is 2.40 bits per heavy atom. The lowest BCUT2D eigenvalue weighted by Gasteiger charge is -2.22. The summed E-state index contributed by atoms with van der Waals surface area (Å²) in [5.41, 5.74) is 0. The van der Waals surface area contributed by atoms with Crippen LogP contribution in [-0.2, 0) is 14.4 Å². The molecule has 0 aromatic carbocycles. The van der Waals surface area contributed by atoms with Crippen molar-refractivity contribution in [1.29, 1.82) is 0 Å². The third-order valence-electron chi connectivity index (χ3n) is 3.20. The summed E-state index contributed by atoms with van der Waals surface area (Å²) in [7, 11) is 1.39. The molecule has 0 bridgehead atoms. The van der Waals surface area contributed by atoms with Crippen molar-refractivity contribution in [2.24, 2.45) is 11.8 Å². The Kier molecular flexibility index (Phi) is 5.65. The van der Waals surface area contributed by atoms with E-state index in [0.717, 1.165) is 12.8 Å². The molecule has 1 rings (SSSR count). The fourth-order valence-corrected chi connectivity index (χ4v) is 2.26. The Morgan fingerprint density at radius 2 is 1.93 bits per heavy atom. The standard InChI is InChI=1S/C11H21NO3/c1-14-11(13)8-10(15-12)9-6-4-2-3-5-7-9/h9-10H,2-8,12H2,1H3. The molecule has 1 aliphatic rings. The van der Waals surface area contributed by atoms with E-state index in [1.54, 1.807) is 0 Å². The molecule has 0 aliphatic heterocycles. The van der Waals surface area contributed by atoms with Crippen molar-refractivity contribution >= 4 is 5.97 Å². The van der Waals surface area contributed by atoms with Gasteiger partial charge in [-0.15, -0.1) is 0 Å². The van der Waals surface area contributed by atoms with Gasteiger partial charge in [0.15, 0.2) is 0 Å². The summed E-state index contributed by atoms with van der Waals surface area (Å²) in [5.74, 6) is 5.42. The van der Waals surface area contributed by atoms with Crippen LogP contribution in [0.3, 0.4) is 0 Å². The maximum atomic E-state index is 11.2. The normalized spacial score (nSPS) is 20.7. The minimum atomic E-state index is -0.241. The lowest BCUT2D eigenvalue weighted by Crippen LogP contribution is -2.29. The lowest BCUT2D eigenvalue weighted by atomic mass is 9.92. The third-order valence-corrected chi connectivity index (χ3v) is 3.20. The molecule has 0 aromatic rings. The zero-order valence-electron chi connectivity index (χ0n) is 9.41. The highest BCUT2D eigenvalue weighted by atomic mass is 16.6. The summed E-state index contributed by atoms with van der Waals surface area (Å²) >= 11 is 0. The van der Waals surface area contributed by atoms with Crippen LogP contribution in [-0.4, -0.2) is 19.2 Å². The van der Waals surface area contributed by atoms with E-state index in [0.29, 0.717) is 5.92 Å². The van der Waals surface area contributed by atoms with E-state index in [1.165, 1.54) is 32.8 Å². The Balaban J connectivity index is 2.44. The van der Waals surface area contributed by atoms with Crippen molar-refractivity contribution in [2.45, 2.75) is 51.0 Å². The van der Waals surface area contributed by atoms with E-state index in [-0.39, 0.29) is 18.5 Å². The van der Waals surface area contributed by atoms with Crippen LogP contribution in [0.4, 0.5) is 0 Å². The number of hydrogen-bond acceptors (Lipinski definition) is 4. The molecule has 88 valence electrons. The van der Waals surface area contributed by atoms with Crippen LogP contribution in [0.1, 0.15) is 44.9 Å². The molecule has 1 unspecified atom stereocenters. The zero-order valence-corrected chi connectivity index (χ0v) is 9.41. The molecule has 0 saturated heterocycles. The van der Waals surface area contributed by atoms with Gasteiger partial charge in [-0.2, -0.15) is 0 Å². The third kappa shape index (κ3) is 4.18. The summed E-state index contributed by atoms with van der Waals surface area (Å²) in [6, 6.07) is 0. The first kappa shape index (κ1) is 12.5. The maximum absolute atomic E-state index is 11.2. The van der Waals surface area contributed by atoms with E-state index in [2.05, 4.69) is 4.74 Å². The summed E-state index contributed by atoms with van der Waals surface area (Å²) < 4.78 is 4.63. The molecular formula is C11H21NO3. The molecule has 4 heteroatoms. The van der Waals surface area contributed by atoms with E-state index in [1.807, 2.05) is 0 Å². The van der Waals surface area contributed by atoms with Crippen LogP contribution < -0.4 is 5.90 Å². The number of hydrogen-bond donors (Lipinski definition) is 1. The topological polar surface area (TPSA) is 61.5 Å². The van der Waals surface area contributed by atoms with Gasteiger partial charge in [0.1, 0.15) is 0 Å². The van der Waals surface area contributed by atoms with Gasteiger partial charge >= 0.3 is 5.97 Å². The van der Waals surface area contributed by atoms with E-state index in [9.17, 15) is 4.79 Å². The van der Waals surface area contributed by atoms with Crippen molar-refractivity contribution < 1.29 is 14.4 Å². The smallest absolute Gasteiger partial charge is 0.308 e. The van der Waals surface area contributed by atoms with Gasteiger partial charge in [-0.3, -0.25) is 4.79 Å². The van der Waals surface area contributed by atoms with Crippen LogP contribution in [0.25, 0.3) is 0 Å². The SMILES string of the molecule is COC(=O)CC(ON)C1CCCCCC1. The molecule has 1 aliphatic carbocycles. The van der Waals surface area contributed by atoms with Gasteiger partial charge in [-0.05, 0) is 18.8 Å². The van der Waals surface area contributed by atoms with Gasteiger partial charge in [0, 0.05) is 0 Å². The first-order valence-corrected chi connectivity index (χ1v) is 5.70. The molecule has 1 saturated carbocycles. The maximum Gasteiger partial charge on any atom is 0.308 e. The second-order valence-electron chi connectivity index (χ2n) is 4.21. The van der Waals surface area contributed by atoms with Gasteiger partial charge in [0.05, 0.1) is 19.6 Å². The van der Waals surface area contributed by atoms with Gasteiger partial charge in [0.2, 0.25) is 0 Å². The number of rotatable bonds is 4. The second kappa shape index (κ2) is 6.80. The Labute approximate surface area is 91.1 Å². The predicted octanol–water partition coefficient (Wildman–Crippen LogP) is 1.78. The summed E-state index contributed by atoms with van der Waals surface area (Å²) in [6.07, 6.45) is 7.32. The van der Waals surface area contributed by atoms with Crippen molar-refractivity contribution in [3.05, 3.63) is 0 Å². The number of nitrogens with two attached hydrogens (primary N) is 1. The largest absolute Gasteiger partial charge is 0.469 e. The van der Waals surface area contributed by atoms with E-state index < -0.39 is 0 Å². The molecule has 0 spiro atoms. The fourth-order valence-electron chi connectivity index (χ4n) is 2.26. The van der Waals surface area contributed by atoms with Crippen molar-refractivity contribution in [2.75, 3.05) is 7.11 Å². The number of ether oxygens (including phenoxy) is 1. The van der Waals surface area contributed by atoms with Crippen molar-refractivity contribution in [1.82, 2.24) is 0 Å². The Bertz CT molecular complexity index is 188. The van der Waals surface area contributed by atoms with Gasteiger partial charge in [-0.1, -0.05) is 25.7 Å². The first-order chi connectivity index (χ1) is 7.27. The number of methoxy groups -OCH3 is 1. The van der Waals surface area contributed by atoms with Crippen LogP contribution >= 0.6 is 0 Å². The molecule has 0 heterocycles. The summed E-state index contributed by atoms with van der Waals surface area (Å²) in [4.78, 5) is 16.1. The van der Waals surface area contributed by atoms with Crippen molar-refractivity contribution in [3.8, 4) is 0 Å². The zero-order chi connectivity index (χ0) is 11.1.